The van der Waals surface area contributed by atoms with Crippen molar-refractivity contribution in [2.24, 2.45) is 5.92 Å². The number of carbonyl (C=O) groups excluding carboxylic acids is 2. The van der Waals surface area contributed by atoms with E-state index < -0.39 is 18.1 Å². The topological polar surface area (TPSA) is 49.9 Å². The number of amides is 2. The maximum absolute atomic E-state index is 13.9. The summed E-state index contributed by atoms with van der Waals surface area (Å²) in [6.45, 7) is 0. The molecule has 0 unspecified atom stereocenters. The Labute approximate surface area is 206 Å². The molecule has 3 atom stereocenters. The zero-order valence-electron chi connectivity index (χ0n) is 17.8. The second kappa shape index (κ2) is 8.13. The van der Waals surface area contributed by atoms with Crippen molar-refractivity contribution in [1.82, 2.24) is 0 Å². The summed E-state index contributed by atoms with van der Waals surface area (Å²) in [6.07, 6.45) is -0.969. The van der Waals surface area contributed by atoms with Gasteiger partial charge >= 0.3 is 0 Å². The van der Waals surface area contributed by atoms with E-state index in [0.717, 1.165) is 16.5 Å². The van der Waals surface area contributed by atoms with Crippen molar-refractivity contribution in [2.45, 2.75) is 12.1 Å². The Bertz CT molecular complexity index is 1440. The van der Waals surface area contributed by atoms with Gasteiger partial charge in [0.1, 0.15) is 5.92 Å². The van der Waals surface area contributed by atoms with E-state index in [1.54, 1.807) is 29.3 Å². The summed E-state index contributed by atoms with van der Waals surface area (Å²) >= 11 is 12.7. The van der Waals surface area contributed by atoms with E-state index in [1.807, 2.05) is 66.7 Å². The van der Waals surface area contributed by atoms with E-state index in [9.17, 15) is 9.59 Å². The van der Waals surface area contributed by atoms with Crippen molar-refractivity contribution in [3.05, 3.63) is 107 Å². The van der Waals surface area contributed by atoms with Gasteiger partial charge in [-0.2, -0.15) is 0 Å². The molecule has 0 bridgehead atoms. The molecule has 4 aromatic rings. The second-order valence-electron chi connectivity index (χ2n) is 8.33. The normalized spacial score (nSPS) is 22.0. The van der Waals surface area contributed by atoms with Gasteiger partial charge in [-0.25, -0.2) is 9.96 Å². The number of para-hydroxylation sites is 1. The largest absolute Gasteiger partial charge is 0.273 e. The summed E-state index contributed by atoms with van der Waals surface area (Å²) in [5, 5.41) is 4.29. The molecule has 2 amide bonds. The number of anilines is 2. The Morgan fingerprint density at radius 1 is 0.765 bits per heavy atom. The number of fused-ring (bicyclic) bond motifs is 2. The van der Waals surface area contributed by atoms with E-state index in [2.05, 4.69) is 0 Å². The van der Waals surface area contributed by atoms with E-state index in [4.69, 9.17) is 28.0 Å². The standard InChI is InChI=1S/C27H18Cl2N2O3/c28-17-13-14-20(21(29)15-17)24-23-25(34-31(24)18-9-2-1-3-10-18)27(33)30(26(23)32)22-12-6-8-16-7-4-5-11-19(16)22/h1-15,23-25H/t23-,24-,25-/m1/s1. The van der Waals surface area contributed by atoms with Gasteiger partial charge in [0, 0.05) is 15.4 Å². The Morgan fingerprint density at radius 2 is 1.50 bits per heavy atom. The lowest BCUT2D eigenvalue weighted by molar-refractivity contribution is -0.126. The Kier molecular flexibility index (Phi) is 5.06. The van der Waals surface area contributed by atoms with Crippen LogP contribution in [0.25, 0.3) is 10.8 Å². The third-order valence-corrected chi connectivity index (χ3v) is 6.98. The van der Waals surface area contributed by atoms with Crippen LogP contribution in [-0.2, 0) is 14.4 Å². The molecule has 5 nitrogen and oxygen atoms in total. The predicted molar refractivity (Wildman–Crippen MR) is 133 cm³/mol. The summed E-state index contributed by atoms with van der Waals surface area (Å²) < 4.78 is 0. The Morgan fingerprint density at radius 3 is 2.29 bits per heavy atom. The van der Waals surface area contributed by atoms with Gasteiger partial charge < -0.3 is 0 Å². The molecule has 34 heavy (non-hydrogen) atoms. The molecule has 7 heteroatoms. The van der Waals surface area contributed by atoms with Crippen LogP contribution in [0.1, 0.15) is 11.6 Å². The van der Waals surface area contributed by atoms with Gasteiger partial charge in [-0.3, -0.25) is 14.4 Å². The van der Waals surface area contributed by atoms with Crippen molar-refractivity contribution in [3.8, 4) is 0 Å². The molecule has 6 rings (SSSR count). The molecule has 0 aromatic heterocycles. The first kappa shape index (κ1) is 21.2. The van der Waals surface area contributed by atoms with Gasteiger partial charge in [0.05, 0.1) is 17.4 Å². The first-order valence-corrected chi connectivity index (χ1v) is 11.6. The molecule has 2 aliphatic rings. The molecule has 0 aliphatic carbocycles. The zero-order valence-corrected chi connectivity index (χ0v) is 19.3. The SMILES string of the molecule is O=C1[C@@H]2[C@@H](c3ccc(Cl)cc3Cl)N(c3ccccc3)O[C@H]2C(=O)N1c1cccc2ccccc12. The number of imide groups is 1. The van der Waals surface area contributed by atoms with Crippen molar-refractivity contribution in [2.75, 3.05) is 9.96 Å². The molecule has 2 saturated heterocycles. The van der Waals surface area contributed by atoms with Crippen LogP contribution in [0.2, 0.25) is 10.0 Å². The molecule has 2 aliphatic heterocycles. The highest BCUT2D eigenvalue weighted by atomic mass is 35.5. The second-order valence-corrected chi connectivity index (χ2v) is 9.18. The van der Waals surface area contributed by atoms with E-state index in [0.29, 0.717) is 21.3 Å². The average molecular weight is 489 g/mol. The minimum absolute atomic E-state index is 0.319. The highest BCUT2D eigenvalue weighted by Crippen LogP contribution is 2.49. The number of halogens is 2. The van der Waals surface area contributed by atoms with Gasteiger partial charge in [-0.15, -0.1) is 0 Å². The lowest BCUT2D eigenvalue weighted by atomic mass is 9.90. The summed E-state index contributed by atoms with van der Waals surface area (Å²) in [5.41, 5.74) is 1.95. The van der Waals surface area contributed by atoms with Crippen LogP contribution >= 0.6 is 23.2 Å². The van der Waals surface area contributed by atoms with Crippen LogP contribution < -0.4 is 9.96 Å². The average Bonchev–Trinajstić information content (AvgIpc) is 3.35. The summed E-state index contributed by atoms with van der Waals surface area (Å²) in [5.74, 6) is -1.48. The molecular weight excluding hydrogens is 471 g/mol. The molecule has 0 saturated carbocycles. The first-order valence-electron chi connectivity index (χ1n) is 10.9. The van der Waals surface area contributed by atoms with Crippen LogP contribution in [-0.4, -0.2) is 17.9 Å². The van der Waals surface area contributed by atoms with Gasteiger partial charge in [-0.1, -0.05) is 83.9 Å². The number of benzene rings is 4. The lowest BCUT2D eigenvalue weighted by Crippen LogP contribution is -2.37. The van der Waals surface area contributed by atoms with E-state index in [1.165, 1.54) is 4.90 Å². The maximum atomic E-state index is 13.9. The summed E-state index contributed by atoms with van der Waals surface area (Å²) in [4.78, 5) is 35.0. The molecule has 2 heterocycles. The van der Waals surface area contributed by atoms with Crippen molar-refractivity contribution in [3.63, 3.8) is 0 Å². The molecular formula is C27H18Cl2N2O3. The summed E-state index contributed by atoms with van der Waals surface area (Å²) in [7, 11) is 0. The minimum atomic E-state index is -0.969. The summed E-state index contributed by atoms with van der Waals surface area (Å²) in [6, 6.07) is 27.2. The predicted octanol–water partition coefficient (Wildman–Crippen LogP) is 6.20. The number of carbonyl (C=O) groups is 2. The van der Waals surface area contributed by atoms with Crippen LogP contribution in [0.5, 0.6) is 0 Å². The maximum Gasteiger partial charge on any atom is 0.266 e. The molecule has 4 aromatic carbocycles. The third-order valence-electron chi connectivity index (χ3n) is 6.41. The highest BCUT2D eigenvalue weighted by molar-refractivity contribution is 6.35. The fourth-order valence-corrected chi connectivity index (χ4v) is 5.43. The van der Waals surface area contributed by atoms with Crippen LogP contribution in [0.4, 0.5) is 11.4 Å². The van der Waals surface area contributed by atoms with Crippen molar-refractivity contribution >= 4 is 57.2 Å². The number of hydroxylamine groups is 1. The third kappa shape index (κ3) is 3.20. The lowest BCUT2D eigenvalue weighted by Gasteiger charge is -2.29. The molecule has 168 valence electrons. The fraction of sp³-hybridized carbons (Fsp3) is 0.111. The minimum Gasteiger partial charge on any atom is -0.273 e. The van der Waals surface area contributed by atoms with Crippen LogP contribution in [0, 0.1) is 5.92 Å². The number of nitrogens with zero attached hydrogens (tertiary/aromatic N) is 2. The van der Waals surface area contributed by atoms with E-state index in [-0.39, 0.29) is 11.8 Å². The number of rotatable bonds is 3. The molecule has 2 fully saturated rings. The monoisotopic (exact) mass is 488 g/mol. The van der Waals surface area contributed by atoms with Gasteiger partial charge in [0.15, 0.2) is 6.10 Å². The van der Waals surface area contributed by atoms with Gasteiger partial charge in [0.2, 0.25) is 5.91 Å². The van der Waals surface area contributed by atoms with Crippen LogP contribution in [0.3, 0.4) is 0 Å². The van der Waals surface area contributed by atoms with E-state index >= 15 is 0 Å². The molecule has 0 N–H and O–H groups in total. The smallest absolute Gasteiger partial charge is 0.266 e. The van der Waals surface area contributed by atoms with Crippen molar-refractivity contribution in [1.29, 1.82) is 0 Å². The Hall–Kier alpha value is -3.38. The van der Waals surface area contributed by atoms with Crippen LogP contribution in [0.15, 0.2) is 91.0 Å². The number of hydrogen-bond donors (Lipinski definition) is 0. The quantitative estimate of drug-likeness (QED) is 0.322. The number of hydrogen-bond acceptors (Lipinski definition) is 4. The van der Waals surface area contributed by atoms with Gasteiger partial charge in [0.25, 0.3) is 5.91 Å². The fourth-order valence-electron chi connectivity index (χ4n) is 4.91. The highest BCUT2D eigenvalue weighted by Gasteiger charge is 2.60. The first-order chi connectivity index (χ1) is 16.5. The Balaban J connectivity index is 1.49. The van der Waals surface area contributed by atoms with Crippen molar-refractivity contribution < 1.29 is 14.4 Å². The molecule has 0 radical (unpaired) electrons. The molecule has 0 spiro atoms. The van der Waals surface area contributed by atoms with Gasteiger partial charge in [-0.05, 0) is 41.3 Å². The zero-order chi connectivity index (χ0) is 23.4.